The van der Waals surface area contributed by atoms with Crippen LogP contribution in [0.25, 0.3) is 0 Å². The van der Waals surface area contributed by atoms with Gasteiger partial charge in [0.05, 0.1) is 10.6 Å². The molecule has 0 aliphatic carbocycles. The van der Waals surface area contributed by atoms with Gasteiger partial charge in [0.15, 0.2) is 0 Å². The van der Waals surface area contributed by atoms with Gasteiger partial charge in [-0.3, -0.25) is 14.9 Å². The number of aryl methyl sites for hydroxylation is 1. The van der Waals surface area contributed by atoms with Crippen LogP contribution in [-0.4, -0.2) is 15.9 Å². The maximum absolute atomic E-state index is 12.2. The van der Waals surface area contributed by atoms with Gasteiger partial charge >= 0.3 is 0 Å². The molecular formula is C14H11BrN2O4. The van der Waals surface area contributed by atoms with E-state index in [9.17, 15) is 20.0 Å². The molecule has 6 nitrogen and oxygen atoms in total. The molecule has 108 valence electrons. The Hall–Kier alpha value is -2.41. The lowest BCUT2D eigenvalue weighted by atomic mass is 10.1. The number of carbonyl (C=O) groups is 1. The van der Waals surface area contributed by atoms with Crippen molar-refractivity contribution < 1.29 is 14.8 Å². The third-order valence-corrected chi connectivity index (χ3v) is 3.46. The van der Waals surface area contributed by atoms with Crippen molar-refractivity contribution in [3.8, 4) is 5.75 Å². The second kappa shape index (κ2) is 5.92. The number of phenols is 1. The van der Waals surface area contributed by atoms with Crippen molar-refractivity contribution in [1.29, 1.82) is 0 Å². The first-order chi connectivity index (χ1) is 9.88. The summed E-state index contributed by atoms with van der Waals surface area (Å²) in [6.07, 6.45) is 0. The van der Waals surface area contributed by atoms with Gasteiger partial charge in [0.25, 0.3) is 11.6 Å². The topological polar surface area (TPSA) is 92.5 Å². The van der Waals surface area contributed by atoms with Crippen molar-refractivity contribution in [3.63, 3.8) is 0 Å². The average molecular weight is 351 g/mol. The summed E-state index contributed by atoms with van der Waals surface area (Å²) in [5, 5.41) is 22.8. The Morgan fingerprint density at radius 1 is 1.33 bits per heavy atom. The van der Waals surface area contributed by atoms with Crippen LogP contribution in [-0.2, 0) is 0 Å². The van der Waals surface area contributed by atoms with Crippen LogP contribution >= 0.6 is 15.9 Å². The number of nitro groups is 1. The zero-order valence-corrected chi connectivity index (χ0v) is 12.5. The number of nitrogens with one attached hydrogen (secondary N) is 1. The van der Waals surface area contributed by atoms with E-state index in [4.69, 9.17) is 0 Å². The van der Waals surface area contributed by atoms with Crippen molar-refractivity contribution in [2.45, 2.75) is 6.92 Å². The van der Waals surface area contributed by atoms with Crippen LogP contribution < -0.4 is 5.32 Å². The van der Waals surface area contributed by atoms with Gasteiger partial charge in [0.2, 0.25) is 0 Å². The number of halogens is 1. The van der Waals surface area contributed by atoms with Gasteiger partial charge in [-0.05, 0) is 46.6 Å². The molecule has 1 amide bonds. The predicted octanol–water partition coefficient (Wildman–Crippen LogP) is 3.62. The van der Waals surface area contributed by atoms with Gasteiger partial charge in [0, 0.05) is 22.2 Å². The minimum Gasteiger partial charge on any atom is -0.508 e. The fourth-order valence-electron chi connectivity index (χ4n) is 1.83. The molecule has 0 radical (unpaired) electrons. The molecule has 2 N–H and O–H groups in total. The Balaban J connectivity index is 2.30. The molecule has 0 aliphatic heterocycles. The largest absolute Gasteiger partial charge is 0.508 e. The second-order valence-corrected chi connectivity index (χ2v) is 5.24. The van der Waals surface area contributed by atoms with Gasteiger partial charge in [-0.2, -0.15) is 0 Å². The summed E-state index contributed by atoms with van der Waals surface area (Å²) < 4.78 is 0.527. The molecule has 0 heterocycles. The van der Waals surface area contributed by atoms with E-state index in [0.717, 1.165) is 0 Å². The minimum absolute atomic E-state index is 0.0766. The number of nitro benzene ring substituents is 1. The van der Waals surface area contributed by atoms with E-state index in [1.807, 2.05) is 0 Å². The molecule has 0 spiro atoms. The third kappa shape index (κ3) is 3.38. The molecule has 21 heavy (non-hydrogen) atoms. The lowest BCUT2D eigenvalue weighted by Crippen LogP contribution is -2.13. The van der Waals surface area contributed by atoms with Crippen LogP contribution in [0.2, 0.25) is 0 Å². The molecule has 0 saturated carbocycles. The van der Waals surface area contributed by atoms with Crippen LogP contribution in [0.5, 0.6) is 5.75 Å². The lowest BCUT2D eigenvalue weighted by molar-refractivity contribution is -0.384. The van der Waals surface area contributed by atoms with E-state index in [1.54, 1.807) is 6.92 Å². The fourth-order valence-corrected chi connectivity index (χ4v) is 2.48. The highest BCUT2D eigenvalue weighted by Crippen LogP contribution is 2.31. The Morgan fingerprint density at radius 3 is 2.67 bits per heavy atom. The Labute approximate surface area is 128 Å². The number of hydrogen-bond acceptors (Lipinski definition) is 4. The van der Waals surface area contributed by atoms with Gasteiger partial charge in [-0.1, -0.05) is 6.07 Å². The van der Waals surface area contributed by atoms with Crippen molar-refractivity contribution >= 4 is 33.2 Å². The fraction of sp³-hybridized carbons (Fsp3) is 0.0714. The number of phenolic OH excluding ortho intramolecular Hbond substituents is 1. The molecule has 7 heteroatoms. The highest BCUT2D eigenvalue weighted by molar-refractivity contribution is 9.10. The first kappa shape index (κ1) is 15.0. The SMILES string of the molecule is Cc1cc(O)cc(Br)c1NC(=O)c1cccc([N+](=O)[O-])c1. The van der Waals surface area contributed by atoms with Crippen LogP contribution in [0.4, 0.5) is 11.4 Å². The zero-order chi connectivity index (χ0) is 15.6. The minimum atomic E-state index is -0.557. The highest BCUT2D eigenvalue weighted by atomic mass is 79.9. The number of benzene rings is 2. The smallest absolute Gasteiger partial charge is 0.270 e. The Bertz CT molecular complexity index is 708. The first-order valence-corrected chi connectivity index (χ1v) is 6.72. The number of carbonyl (C=O) groups excluding carboxylic acids is 1. The van der Waals surface area contributed by atoms with Gasteiger partial charge < -0.3 is 10.4 Å². The Kier molecular flexibility index (Phi) is 4.23. The zero-order valence-electron chi connectivity index (χ0n) is 11.0. The normalized spacial score (nSPS) is 10.2. The summed E-state index contributed by atoms with van der Waals surface area (Å²) in [5.41, 5.74) is 1.21. The van der Waals surface area contributed by atoms with Crippen LogP contribution in [0, 0.1) is 17.0 Å². The van der Waals surface area contributed by atoms with Crippen molar-refractivity contribution in [1.82, 2.24) is 0 Å². The molecule has 0 atom stereocenters. The van der Waals surface area contributed by atoms with Gasteiger partial charge in [-0.25, -0.2) is 0 Å². The van der Waals surface area contributed by atoms with Crippen molar-refractivity contribution in [2.75, 3.05) is 5.32 Å². The van der Waals surface area contributed by atoms with Crippen LogP contribution in [0.3, 0.4) is 0 Å². The molecule has 0 unspecified atom stereocenters. The lowest BCUT2D eigenvalue weighted by Gasteiger charge is -2.11. The molecule has 0 bridgehead atoms. The molecule has 2 aromatic rings. The second-order valence-electron chi connectivity index (χ2n) is 4.38. The van der Waals surface area contributed by atoms with E-state index in [2.05, 4.69) is 21.2 Å². The summed E-state index contributed by atoms with van der Waals surface area (Å²) in [6.45, 7) is 1.73. The summed E-state index contributed by atoms with van der Waals surface area (Å²) in [7, 11) is 0. The third-order valence-electron chi connectivity index (χ3n) is 2.83. The van der Waals surface area contributed by atoms with Crippen LogP contribution in [0.15, 0.2) is 40.9 Å². The van der Waals surface area contributed by atoms with E-state index in [1.165, 1.54) is 36.4 Å². The van der Waals surface area contributed by atoms with Gasteiger partial charge in [-0.15, -0.1) is 0 Å². The predicted molar refractivity (Wildman–Crippen MR) is 81.6 cm³/mol. The summed E-state index contributed by atoms with van der Waals surface area (Å²) >= 11 is 3.25. The molecule has 0 fully saturated rings. The Morgan fingerprint density at radius 2 is 2.05 bits per heavy atom. The standard InChI is InChI=1S/C14H11BrN2O4/c1-8-5-11(18)7-12(15)13(8)16-14(19)9-3-2-4-10(6-9)17(20)21/h2-7,18H,1H3,(H,16,19). The van der Waals surface area contributed by atoms with E-state index in [-0.39, 0.29) is 17.0 Å². The number of anilines is 1. The van der Waals surface area contributed by atoms with E-state index < -0.39 is 10.8 Å². The quantitative estimate of drug-likeness (QED) is 0.502. The maximum Gasteiger partial charge on any atom is 0.270 e. The number of aromatic hydroxyl groups is 1. The molecular weight excluding hydrogens is 340 g/mol. The average Bonchev–Trinajstić information content (AvgIpc) is 2.42. The van der Waals surface area contributed by atoms with Gasteiger partial charge in [0.1, 0.15) is 5.75 Å². The van der Waals surface area contributed by atoms with Crippen molar-refractivity contribution in [2.24, 2.45) is 0 Å². The molecule has 2 rings (SSSR count). The molecule has 0 aliphatic rings. The monoisotopic (exact) mass is 350 g/mol. The first-order valence-electron chi connectivity index (χ1n) is 5.93. The summed E-state index contributed by atoms with van der Waals surface area (Å²) in [6, 6.07) is 8.43. The summed E-state index contributed by atoms with van der Waals surface area (Å²) in [5.74, 6) is -0.388. The number of nitrogens with zero attached hydrogens (tertiary/aromatic N) is 1. The number of amides is 1. The van der Waals surface area contributed by atoms with Crippen molar-refractivity contribution in [3.05, 3.63) is 62.1 Å². The molecule has 0 saturated heterocycles. The maximum atomic E-state index is 12.2. The molecule has 2 aromatic carbocycles. The highest BCUT2D eigenvalue weighted by Gasteiger charge is 2.14. The van der Waals surface area contributed by atoms with Crippen LogP contribution in [0.1, 0.15) is 15.9 Å². The number of hydrogen-bond donors (Lipinski definition) is 2. The summed E-state index contributed by atoms with van der Waals surface area (Å²) in [4.78, 5) is 22.3. The number of non-ortho nitro benzene ring substituents is 1. The molecule has 0 aromatic heterocycles. The number of rotatable bonds is 3. The van der Waals surface area contributed by atoms with E-state index in [0.29, 0.717) is 15.7 Å². The van der Waals surface area contributed by atoms with E-state index >= 15 is 0 Å².